The fourth-order valence-corrected chi connectivity index (χ4v) is 2.36. The summed E-state index contributed by atoms with van der Waals surface area (Å²) in [7, 11) is 0. The summed E-state index contributed by atoms with van der Waals surface area (Å²) in [6, 6.07) is 8.02. The van der Waals surface area contributed by atoms with Gasteiger partial charge in [0.15, 0.2) is 6.33 Å². The summed E-state index contributed by atoms with van der Waals surface area (Å²) in [4.78, 5) is 16.0. The lowest BCUT2D eigenvalue weighted by atomic mass is 9.95. The molecule has 1 aromatic carbocycles. The number of nitrogens with one attached hydrogen (secondary N) is 2. The number of hydrogen-bond acceptors (Lipinski definition) is 5. The third-order valence-corrected chi connectivity index (χ3v) is 3.44. The quantitative estimate of drug-likeness (QED) is 0.844. The first-order chi connectivity index (χ1) is 9.83. The summed E-state index contributed by atoms with van der Waals surface area (Å²) >= 11 is 0. The van der Waals surface area contributed by atoms with Gasteiger partial charge in [-0.05, 0) is 17.5 Å². The number of aromatic nitrogens is 2. The van der Waals surface area contributed by atoms with Gasteiger partial charge in [0.2, 0.25) is 11.8 Å². The summed E-state index contributed by atoms with van der Waals surface area (Å²) in [5.41, 5.74) is 2.51. The molecule has 3 rings (SSSR count). The fourth-order valence-electron chi connectivity index (χ4n) is 2.36. The molecule has 104 valence electrons. The number of carbonyl (C=O) groups excluding carboxylic acids is 1. The summed E-state index contributed by atoms with van der Waals surface area (Å²) in [5.74, 6) is 0.547. The smallest absolute Gasteiger partial charge is 0.237 e. The van der Waals surface area contributed by atoms with Gasteiger partial charge in [-0.1, -0.05) is 29.4 Å². The number of carbonyl (C=O) groups is 1. The van der Waals surface area contributed by atoms with Crippen molar-refractivity contribution in [1.82, 2.24) is 20.8 Å². The predicted molar refractivity (Wildman–Crippen MR) is 71.8 cm³/mol. The molecule has 0 bridgehead atoms. The van der Waals surface area contributed by atoms with Crippen molar-refractivity contribution in [3.05, 3.63) is 47.6 Å². The van der Waals surface area contributed by atoms with Gasteiger partial charge in [-0.15, -0.1) is 0 Å². The van der Waals surface area contributed by atoms with E-state index in [1.165, 1.54) is 17.5 Å². The zero-order valence-electron chi connectivity index (χ0n) is 11.0. The van der Waals surface area contributed by atoms with Gasteiger partial charge < -0.3 is 15.2 Å². The molecule has 1 aliphatic heterocycles. The second kappa shape index (κ2) is 5.83. The molecular formula is C14H16N4O2. The SMILES string of the molecule is O=C(NCCc1ncno1)[C@@H]1Cc2ccccc2CN1. The Bertz CT molecular complexity index is 583. The second-order valence-electron chi connectivity index (χ2n) is 4.78. The van der Waals surface area contributed by atoms with Gasteiger partial charge in [0.1, 0.15) is 0 Å². The maximum atomic E-state index is 12.1. The van der Waals surface area contributed by atoms with Gasteiger partial charge in [0.25, 0.3) is 0 Å². The van der Waals surface area contributed by atoms with E-state index in [4.69, 9.17) is 4.52 Å². The van der Waals surface area contributed by atoms with Gasteiger partial charge in [-0.3, -0.25) is 4.79 Å². The molecule has 0 fully saturated rings. The summed E-state index contributed by atoms with van der Waals surface area (Å²) in [6.45, 7) is 1.23. The van der Waals surface area contributed by atoms with Crippen LogP contribution in [0.3, 0.4) is 0 Å². The van der Waals surface area contributed by atoms with Crippen LogP contribution >= 0.6 is 0 Å². The van der Waals surface area contributed by atoms with E-state index in [0.29, 0.717) is 18.9 Å². The third kappa shape index (κ3) is 2.85. The first-order valence-electron chi connectivity index (χ1n) is 6.66. The lowest BCUT2D eigenvalue weighted by Crippen LogP contribution is -2.48. The number of fused-ring (bicyclic) bond motifs is 1. The van der Waals surface area contributed by atoms with Crippen LogP contribution in [-0.2, 0) is 24.2 Å². The monoisotopic (exact) mass is 272 g/mol. The molecular weight excluding hydrogens is 256 g/mol. The van der Waals surface area contributed by atoms with Gasteiger partial charge >= 0.3 is 0 Å². The second-order valence-corrected chi connectivity index (χ2v) is 4.78. The van der Waals surface area contributed by atoms with Crippen LogP contribution in [0.5, 0.6) is 0 Å². The van der Waals surface area contributed by atoms with Crippen LogP contribution in [0.1, 0.15) is 17.0 Å². The molecule has 2 N–H and O–H groups in total. The van der Waals surface area contributed by atoms with Crippen LogP contribution in [0.4, 0.5) is 0 Å². The minimum atomic E-state index is -0.174. The third-order valence-electron chi connectivity index (χ3n) is 3.44. The molecule has 1 aromatic heterocycles. The number of rotatable bonds is 4. The number of hydrogen-bond donors (Lipinski definition) is 2. The van der Waals surface area contributed by atoms with E-state index in [1.54, 1.807) is 0 Å². The first kappa shape index (κ1) is 12.8. The maximum Gasteiger partial charge on any atom is 0.237 e. The number of nitrogens with zero attached hydrogens (tertiary/aromatic N) is 2. The van der Waals surface area contributed by atoms with Gasteiger partial charge in [-0.2, -0.15) is 4.98 Å². The van der Waals surface area contributed by atoms with E-state index in [0.717, 1.165) is 13.0 Å². The van der Waals surface area contributed by atoms with E-state index < -0.39 is 0 Å². The topological polar surface area (TPSA) is 80.1 Å². The van der Waals surface area contributed by atoms with E-state index in [9.17, 15) is 4.79 Å². The van der Waals surface area contributed by atoms with Gasteiger partial charge in [0, 0.05) is 19.5 Å². The lowest BCUT2D eigenvalue weighted by Gasteiger charge is -2.25. The molecule has 1 amide bonds. The van der Waals surface area contributed by atoms with Crippen molar-refractivity contribution in [1.29, 1.82) is 0 Å². The highest BCUT2D eigenvalue weighted by atomic mass is 16.5. The highest BCUT2D eigenvalue weighted by Gasteiger charge is 2.23. The van der Waals surface area contributed by atoms with Crippen molar-refractivity contribution in [2.45, 2.75) is 25.4 Å². The predicted octanol–water partition coefficient (Wildman–Crippen LogP) is 0.443. The van der Waals surface area contributed by atoms with Gasteiger partial charge in [-0.25, -0.2) is 0 Å². The molecule has 0 unspecified atom stereocenters. The van der Waals surface area contributed by atoms with Crippen LogP contribution in [0, 0.1) is 0 Å². The van der Waals surface area contributed by atoms with Gasteiger partial charge in [0.05, 0.1) is 6.04 Å². The molecule has 6 heteroatoms. The standard InChI is InChI=1S/C14H16N4O2/c19-14(15-6-5-13-17-9-18-20-13)12-7-10-3-1-2-4-11(10)8-16-12/h1-4,9,12,16H,5-8H2,(H,15,19)/t12-/m0/s1. The molecule has 0 aliphatic carbocycles. The summed E-state index contributed by atoms with van der Waals surface area (Å²) < 4.78 is 4.88. The Morgan fingerprint density at radius 2 is 2.25 bits per heavy atom. The van der Waals surface area contributed by atoms with Crippen molar-refractivity contribution in [3.8, 4) is 0 Å². The molecule has 0 spiro atoms. The Balaban J connectivity index is 1.51. The zero-order chi connectivity index (χ0) is 13.8. The Kier molecular flexibility index (Phi) is 3.73. The van der Waals surface area contributed by atoms with Crippen LogP contribution in [-0.4, -0.2) is 28.6 Å². The van der Waals surface area contributed by atoms with Crippen molar-refractivity contribution < 1.29 is 9.32 Å². The van der Waals surface area contributed by atoms with Crippen molar-refractivity contribution in [2.24, 2.45) is 0 Å². The molecule has 1 aliphatic rings. The molecule has 1 atom stereocenters. The largest absolute Gasteiger partial charge is 0.354 e. The van der Waals surface area contributed by atoms with Crippen LogP contribution in [0.15, 0.2) is 35.1 Å². The van der Waals surface area contributed by atoms with Crippen molar-refractivity contribution in [3.63, 3.8) is 0 Å². The molecule has 0 saturated heterocycles. The molecule has 0 radical (unpaired) electrons. The molecule has 0 saturated carbocycles. The molecule has 2 heterocycles. The summed E-state index contributed by atoms with van der Waals surface area (Å²) in [5, 5.41) is 9.67. The zero-order valence-corrected chi connectivity index (χ0v) is 11.0. The van der Waals surface area contributed by atoms with E-state index in [1.807, 2.05) is 12.1 Å². The van der Waals surface area contributed by atoms with Crippen molar-refractivity contribution >= 4 is 5.91 Å². The molecule has 2 aromatic rings. The van der Waals surface area contributed by atoms with E-state index in [2.05, 4.69) is 32.9 Å². The lowest BCUT2D eigenvalue weighted by molar-refractivity contribution is -0.123. The maximum absolute atomic E-state index is 12.1. The Morgan fingerprint density at radius 1 is 1.40 bits per heavy atom. The summed E-state index contributed by atoms with van der Waals surface area (Å²) in [6.07, 6.45) is 2.63. The first-order valence-corrected chi connectivity index (χ1v) is 6.66. The number of benzene rings is 1. The average Bonchev–Trinajstić information content (AvgIpc) is 3.00. The van der Waals surface area contributed by atoms with E-state index >= 15 is 0 Å². The molecule has 20 heavy (non-hydrogen) atoms. The van der Waals surface area contributed by atoms with Crippen LogP contribution in [0.25, 0.3) is 0 Å². The minimum Gasteiger partial charge on any atom is -0.354 e. The fraction of sp³-hybridized carbons (Fsp3) is 0.357. The minimum absolute atomic E-state index is 0.0130. The van der Waals surface area contributed by atoms with Crippen LogP contribution < -0.4 is 10.6 Å². The highest BCUT2D eigenvalue weighted by Crippen LogP contribution is 2.16. The average molecular weight is 272 g/mol. The highest BCUT2D eigenvalue weighted by molar-refractivity contribution is 5.82. The normalized spacial score (nSPS) is 17.5. The number of amides is 1. The Morgan fingerprint density at radius 3 is 3.05 bits per heavy atom. The molecule has 6 nitrogen and oxygen atoms in total. The Labute approximate surface area is 116 Å². The Hall–Kier alpha value is -2.21. The van der Waals surface area contributed by atoms with Crippen molar-refractivity contribution in [2.75, 3.05) is 6.54 Å². The van der Waals surface area contributed by atoms with E-state index in [-0.39, 0.29) is 11.9 Å². The van der Waals surface area contributed by atoms with Crippen LogP contribution in [0.2, 0.25) is 0 Å².